The molecule has 2 N–H and O–H groups in total. The van der Waals surface area contributed by atoms with Gasteiger partial charge in [-0.15, -0.1) is 11.3 Å². The van der Waals surface area contributed by atoms with Gasteiger partial charge in [0.2, 0.25) is 15.9 Å². The molecule has 2 rings (SSSR count). The maximum absolute atomic E-state index is 12.9. The molecule has 25 heavy (non-hydrogen) atoms. The average Bonchev–Trinajstić information content (AvgIpc) is 2.91. The first kappa shape index (κ1) is 19.3. The number of amides is 1. The third kappa shape index (κ3) is 5.25. The second-order valence-electron chi connectivity index (χ2n) is 4.97. The zero-order valence-corrected chi connectivity index (χ0v) is 14.6. The van der Waals surface area contributed by atoms with E-state index in [1.165, 1.54) is 17.4 Å². The normalized spacial score (nSPS) is 12.2. The number of anilines is 1. The number of hydrogen-bond acceptors (Lipinski definition) is 5. The molecule has 0 spiro atoms. The number of aromatic nitrogens is 1. The van der Waals surface area contributed by atoms with Crippen molar-refractivity contribution in [3.05, 3.63) is 40.9 Å². The predicted molar refractivity (Wildman–Crippen MR) is 86.7 cm³/mol. The van der Waals surface area contributed by atoms with Crippen LogP contribution in [0.2, 0.25) is 0 Å². The van der Waals surface area contributed by atoms with Crippen molar-refractivity contribution < 1.29 is 26.4 Å². The fourth-order valence-corrected chi connectivity index (χ4v) is 3.84. The zero-order chi connectivity index (χ0) is 18.7. The minimum Gasteiger partial charge on any atom is -0.302 e. The van der Waals surface area contributed by atoms with Gasteiger partial charge in [-0.3, -0.25) is 4.79 Å². The number of nitrogens with zero attached hydrogens (tertiary/aromatic N) is 1. The van der Waals surface area contributed by atoms with Gasteiger partial charge in [0, 0.05) is 24.0 Å². The molecular weight excluding hydrogens is 379 g/mol. The van der Waals surface area contributed by atoms with Gasteiger partial charge in [0.15, 0.2) is 5.13 Å². The van der Waals surface area contributed by atoms with Gasteiger partial charge >= 0.3 is 6.18 Å². The Kier molecular flexibility index (Phi) is 5.80. The van der Waals surface area contributed by atoms with Crippen molar-refractivity contribution in [1.82, 2.24) is 9.71 Å². The number of alkyl halides is 3. The molecular formula is C14H14F3N3O3S2. The largest absolute Gasteiger partial charge is 0.417 e. The minimum atomic E-state index is -4.80. The number of rotatable bonds is 6. The number of carbonyl (C=O) groups is 1. The maximum Gasteiger partial charge on any atom is 0.417 e. The molecule has 0 saturated carbocycles. The van der Waals surface area contributed by atoms with Crippen molar-refractivity contribution in [2.75, 3.05) is 11.9 Å². The Hall–Kier alpha value is -1.98. The lowest BCUT2D eigenvalue weighted by molar-refractivity contribution is -0.139. The molecule has 0 atom stereocenters. The van der Waals surface area contributed by atoms with Crippen LogP contribution in [0.3, 0.4) is 0 Å². The highest BCUT2D eigenvalue weighted by molar-refractivity contribution is 7.89. The van der Waals surface area contributed by atoms with Crippen LogP contribution in [0.15, 0.2) is 35.4 Å². The van der Waals surface area contributed by atoms with Crippen molar-refractivity contribution >= 4 is 32.4 Å². The van der Waals surface area contributed by atoms with Crippen LogP contribution < -0.4 is 10.0 Å². The molecule has 6 nitrogen and oxygen atoms in total. The Labute approximate surface area is 146 Å². The topological polar surface area (TPSA) is 88.2 Å². The summed E-state index contributed by atoms with van der Waals surface area (Å²) in [5, 5.41) is 2.85. The lowest BCUT2D eigenvalue weighted by atomic mass is 10.2. The van der Waals surface area contributed by atoms with E-state index in [1.54, 1.807) is 13.1 Å². The number of hydrogen-bond donors (Lipinski definition) is 2. The molecule has 0 aliphatic heterocycles. The summed E-state index contributed by atoms with van der Waals surface area (Å²) in [5.41, 5.74) is -1.26. The first-order chi connectivity index (χ1) is 11.6. The molecule has 0 aliphatic carbocycles. The Morgan fingerprint density at radius 2 is 1.96 bits per heavy atom. The summed E-state index contributed by atoms with van der Waals surface area (Å²) in [7, 11) is -4.40. The van der Waals surface area contributed by atoms with Gasteiger partial charge in [-0.25, -0.2) is 18.1 Å². The van der Waals surface area contributed by atoms with E-state index in [9.17, 15) is 26.4 Å². The van der Waals surface area contributed by atoms with E-state index in [-0.39, 0.29) is 13.0 Å². The summed E-state index contributed by atoms with van der Waals surface area (Å²) >= 11 is 1.25. The van der Waals surface area contributed by atoms with Gasteiger partial charge in [0.25, 0.3) is 0 Å². The Balaban J connectivity index is 1.99. The standard InChI is InChI=1S/C14H14F3N3O3S2/c1-9-8-18-13(24-9)20-12(21)6-7-19-25(22,23)11-5-3-2-4-10(11)14(15,16)17/h2-5,8,19H,6-7H2,1H3,(H,18,20,21). The van der Waals surface area contributed by atoms with E-state index in [0.29, 0.717) is 11.2 Å². The van der Waals surface area contributed by atoms with Crippen LogP contribution in [0.1, 0.15) is 16.9 Å². The van der Waals surface area contributed by atoms with Crippen LogP contribution in [0.25, 0.3) is 0 Å². The number of aryl methyl sites for hydroxylation is 1. The van der Waals surface area contributed by atoms with Gasteiger partial charge in [0.05, 0.1) is 10.5 Å². The minimum absolute atomic E-state index is 0.244. The van der Waals surface area contributed by atoms with Gasteiger partial charge in [-0.05, 0) is 19.1 Å². The van der Waals surface area contributed by atoms with Crippen molar-refractivity contribution in [3.8, 4) is 0 Å². The molecule has 0 saturated heterocycles. The second kappa shape index (κ2) is 7.50. The molecule has 0 unspecified atom stereocenters. The number of nitrogens with one attached hydrogen (secondary N) is 2. The summed E-state index contributed by atoms with van der Waals surface area (Å²) in [6.45, 7) is 1.46. The molecule has 136 valence electrons. The highest BCUT2D eigenvalue weighted by Crippen LogP contribution is 2.33. The molecule has 1 amide bonds. The summed E-state index contributed by atoms with van der Waals surface area (Å²) in [4.78, 5) is 15.6. The summed E-state index contributed by atoms with van der Waals surface area (Å²) in [6.07, 6.45) is -3.48. The number of halogens is 3. The number of sulfonamides is 1. The molecule has 1 heterocycles. The van der Waals surface area contributed by atoms with Gasteiger partial charge in [-0.2, -0.15) is 13.2 Å². The van der Waals surface area contributed by atoms with Crippen LogP contribution >= 0.6 is 11.3 Å². The van der Waals surface area contributed by atoms with Gasteiger partial charge < -0.3 is 5.32 Å². The predicted octanol–water partition coefficient (Wildman–Crippen LogP) is 2.78. The Bertz CT molecular complexity index is 863. The van der Waals surface area contributed by atoms with Crippen LogP contribution in [0.5, 0.6) is 0 Å². The first-order valence-corrected chi connectivity index (χ1v) is 9.28. The second-order valence-corrected chi connectivity index (χ2v) is 7.94. The van der Waals surface area contributed by atoms with E-state index in [1.807, 2.05) is 4.72 Å². The number of carbonyl (C=O) groups excluding carboxylic acids is 1. The molecule has 0 fully saturated rings. The molecule has 1 aromatic heterocycles. The lowest BCUT2D eigenvalue weighted by Crippen LogP contribution is -2.29. The SMILES string of the molecule is Cc1cnc(NC(=O)CCNS(=O)(=O)c2ccccc2C(F)(F)F)s1. The lowest BCUT2D eigenvalue weighted by Gasteiger charge is -2.13. The highest BCUT2D eigenvalue weighted by atomic mass is 32.2. The molecule has 0 aliphatic rings. The molecule has 0 radical (unpaired) electrons. The van der Waals surface area contributed by atoms with Crippen LogP contribution in [-0.4, -0.2) is 25.9 Å². The molecule has 2 aromatic rings. The first-order valence-electron chi connectivity index (χ1n) is 6.98. The van der Waals surface area contributed by atoms with Crippen molar-refractivity contribution in [3.63, 3.8) is 0 Å². The molecule has 1 aromatic carbocycles. The van der Waals surface area contributed by atoms with Crippen molar-refractivity contribution in [2.24, 2.45) is 0 Å². The Morgan fingerprint density at radius 3 is 2.56 bits per heavy atom. The van der Waals surface area contributed by atoms with Crippen LogP contribution in [0.4, 0.5) is 18.3 Å². The third-order valence-corrected chi connectivity index (χ3v) is 5.34. The monoisotopic (exact) mass is 393 g/mol. The van der Waals surface area contributed by atoms with E-state index in [0.717, 1.165) is 17.0 Å². The highest BCUT2D eigenvalue weighted by Gasteiger charge is 2.36. The Morgan fingerprint density at radius 1 is 1.28 bits per heavy atom. The number of thiazole rings is 1. The van der Waals surface area contributed by atoms with Gasteiger partial charge in [-0.1, -0.05) is 12.1 Å². The van der Waals surface area contributed by atoms with E-state index in [2.05, 4.69) is 10.3 Å². The average molecular weight is 393 g/mol. The summed E-state index contributed by atoms with van der Waals surface area (Å²) < 4.78 is 64.9. The van der Waals surface area contributed by atoms with Crippen molar-refractivity contribution in [1.29, 1.82) is 0 Å². The summed E-state index contributed by atoms with van der Waals surface area (Å²) in [6, 6.07) is 3.85. The van der Waals surface area contributed by atoms with E-state index >= 15 is 0 Å². The smallest absolute Gasteiger partial charge is 0.302 e. The van der Waals surface area contributed by atoms with Gasteiger partial charge in [0.1, 0.15) is 0 Å². The van der Waals surface area contributed by atoms with Crippen LogP contribution in [0, 0.1) is 6.92 Å². The number of benzene rings is 1. The quantitative estimate of drug-likeness (QED) is 0.790. The van der Waals surface area contributed by atoms with E-state index in [4.69, 9.17) is 0 Å². The summed E-state index contributed by atoms with van der Waals surface area (Å²) in [5.74, 6) is -0.499. The third-order valence-electron chi connectivity index (χ3n) is 2.99. The van der Waals surface area contributed by atoms with Crippen LogP contribution in [-0.2, 0) is 21.0 Å². The van der Waals surface area contributed by atoms with Crippen molar-refractivity contribution in [2.45, 2.75) is 24.4 Å². The molecule has 11 heteroatoms. The molecule has 0 bridgehead atoms. The fourth-order valence-electron chi connectivity index (χ4n) is 1.91. The zero-order valence-electron chi connectivity index (χ0n) is 12.9. The van der Waals surface area contributed by atoms with E-state index < -0.39 is 32.6 Å². The maximum atomic E-state index is 12.9. The fraction of sp³-hybridized carbons (Fsp3) is 0.286.